The topological polar surface area (TPSA) is 46.6 Å². The van der Waals surface area contributed by atoms with Crippen molar-refractivity contribution in [2.45, 2.75) is 24.8 Å². The van der Waals surface area contributed by atoms with Crippen molar-refractivity contribution in [1.82, 2.24) is 4.90 Å². The second kappa shape index (κ2) is 9.83. The molecule has 4 nitrogen and oxygen atoms in total. The molecule has 0 bridgehead atoms. The van der Waals surface area contributed by atoms with Gasteiger partial charge in [-0.15, -0.1) is 0 Å². The number of thioether (sulfide) groups is 1. The Bertz CT molecular complexity index is 1140. The molecule has 1 fully saturated rings. The van der Waals surface area contributed by atoms with Crippen LogP contribution < -0.4 is 4.74 Å². The third kappa shape index (κ3) is 5.37. The van der Waals surface area contributed by atoms with Gasteiger partial charge in [0.25, 0.3) is 5.24 Å². The summed E-state index contributed by atoms with van der Waals surface area (Å²) in [5, 5.41) is -0.904. The minimum absolute atomic E-state index is 0.105. The van der Waals surface area contributed by atoms with Crippen LogP contribution in [0.4, 0.5) is 13.6 Å². The largest absolute Gasteiger partial charge is 0.489 e. The van der Waals surface area contributed by atoms with Crippen LogP contribution in [0.5, 0.6) is 5.75 Å². The summed E-state index contributed by atoms with van der Waals surface area (Å²) in [5.74, 6) is -0.378. The average molecular weight is 518 g/mol. The monoisotopic (exact) mass is 517 g/mol. The van der Waals surface area contributed by atoms with E-state index in [-0.39, 0.29) is 35.9 Å². The third-order valence-electron chi connectivity index (χ3n) is 4.99. The molecule has 4 rings (SSSR count). The lowest BCUT2D eigenvalue weighted by Gasteiger charge is -2.16. The summed E-state index contributed by atoms with van der Waals surface area (Å²) < 4.78 is 33.0. The molecule has 3 aromatic carbocycles. The highest BCUT2D eigenvalue weighted by Gasteiger charge is 2.39. The first-order valence-corrected chi connectivity index (χ1v) is 11.5. The van der Waals surface area contributed by atoms with Crippen molar-refractivity contribution in [2.24, 2.45) is 0 Å². The van der Waals surface area contributed by atoms with Crippen LogP contribution in [0.15, 0.2) is 71.2 Å². The molecule has 0 saturated carbocycles. The molecule has 0 aliphatic carbocycles. The number of amides is 2. The fourth-order valence-electron chi connectivity index (χ4n) is 3.33. The van der Waals surface area contributed by atoms with E-state index < -0.39 is 5.25 Å². The maximum atomic E-state index is 13.1. The molecule has 1 aliphatic heterocycles. The second-order valence-electron chi connectivity index (χ2n) is 7.29. The summed E-state index contributed by atoms with van der Waals surface area (Å²) in [5.41, 5.74) is 2.27. The zero-order valence-electron chi connectivity index (χ0n) is 16.8. The Morgan fingerprint density at radius 2 is 1.53 bits per heavy atom. The van der Waals surface area contributed by atoms with Gasteiger partial charge in [-0.2, -0.15) is 0 Å². The highest BCUT2D eigenvalue weighted by molar-refractivity contribution is 9.10. The lowest BCUT2D eigenvalue weighted by molar-refractivity contribution is -0.127. The molecule has 1 saturated heterocycles. The summed E-state index contributed by atoms with van der Waals surface area (Å²) >= 11 is 4.42. The van der Waals surface area contributed by atoms with Gasteiger partial charge in [0.2, 0.25) is 5.91 Å². The summed E-state index contributed by atoms with van der Waals surface area (Å²) in [6.07, 6.45) is 0.313. The number of carbonyl (C=O) groups excluding carboxylic acids is 2. The third-order valence-corrected chi connectivity index (χ3v) is 6.56. The zero-order chi connectivity index (χ0) is 22.7. The van der Waals surface area contributed by atoms with Crippen LogP contribution in [0.2, 0.25) is 0 Å². The number of hydrogen-bond donors (Lipinski definition) is 0. The van der Waals surface area contributed by atoms with Gasteiger partial charge in [0.1, 0.15) is 24.0 Å². The van der Waals surface area contributed by atoms with Crippen molar-refractivity contribution in [3.05, 3.63) is 99.5 Å². The van der Waals surface area contributed by atoms with E-state index in [4.69, 9.17) is 4.74 Å². The Kier molecular flexibility index (Phi) is 6.91. The molecule has 3 aromatic rings. The predicted molar refractivity (Wildman–Crippen MR) is 122 cm³/mol. The normalized spacial score (nSPS) is 16.0. The van der Waals surface area contributed by atoms with Crippen molar-refractivity contribution in [2.75, 3.05) is 0 Å². The molecule has 164 valence electrons. The average Bonchev–Trinajstić information content (AvgIpc) is 3.03. The first-order chi connectivity index (χ1) is 15.4. The number of imide groups is 1. The molecule has 0 unspecified atom stereocenters. The first-order valence-electron chi connectivity index (χ1n) is 9.81. The summed E-state index contributed by atoms with van der Waals surface area (Å²) in [6.45, 7) is 0.351. The smallest absolute Gasteiger partial charge is 0.289 e. The Morgan fingerprint density at radius 3 is 2.19 bits per heavy atom. The highest BCUT2D eigenvalue weighted by atomic mass is 79.9. The van der Waals surface area contributed by atoms with E-state index in [9.17, 15) is 18.4 Å². The SMILES string of the molecule is O=C1S[C@H](Cc2cc(Br)ccc2OCc2ccc(F)cc2)C(=O)N1Cc1ccc(F)cc1. The van der Waals surface area contributed by atoms with Crippen LogP contribution in [0, 0.1) is 11.6 Å². The number of halogens is 3. The number of rotatable bonds is 7. The molecule has 1 atom stereocenters. The van der Waals surface area contributed by atoms with E-state index in [0.717, 1.165) is 27.4 Å². The van der Waals surface area contributed by atoms with Crippen molar-refractivity contribution in [1.29, 1.82) is 0 Å². The molecule has 1 heterocycles. The summed E-state index contributed by atoms with van der Waals surface area (Å²) in [7, 11) is 0. The predicted octanol–water partition coefficient (Wildman–Crippen LogP) is 6.11. The van der Waals surface area contributed by atoms with Gasteiger partial charge in [-0.05, 0) is 65.6 Å². The number of nitrogens with zero attached hydrogens (tertiary/aromatic N) is 1. The van der Waals surface area contributed by atoms with Crippen LogP contribution in [-0.4, -0.2) is 21.3 Å². The van der Waals surface area contributed by atoms with Crippen molar-refractivity contribution >= 4 is 38.8 Å². The summed E-state index contributed by atoms with van der Waals surface area (Å²) in [4.78, 5) is 26.6. The van der Waals surface area contributed by atoms with E-state index in [0.29, 0.717) is 17.7 Å². The van der Waals surface area contributed by atoms with Crippen molar-refractivity contribution in [3.63, 3.8) is 0 Å². The highest BCUT2D eigenvalue weighted by Crippen LogP contribution is 2.34. The van der Waals surface area contributed by atoms with Gasteiger partial charge >= 0.3 is 0 Å². The lowest BCUT2D eigenvalue weighted by Crippen LogP contribution is -2.31. The van der Waals surface area contributed by atoms with E-state index in [2.05, 4.69) is 15.9 Å². The fourth-order valence-corrected chi connectivity index (χ4v) is 4.76. The second-order valence-corrected chi connectivity index (χ2v) is 9.36. The Balaban J connectivity index is 1.46. The van der Waals surface area contributed by atoms with Crippen molar-refractivity contribution < 1.29 is 23.1 Å². The molecule has 2 amide bonds. The molecule has 1 aliphatic rings. The van der Waals surface area contributed by atoms with Gasteiger partial charge in [0.05, 0.1) is 11.8 Å². The first kappa shape index (κ1) is 22.5. The van der Waals surface area contributed by atoms with Crippen LogP contribution in [0.25, 0.3) is 0 Å². The number of ether oxygens (including phenoxy) is 1. The molecular weight excluding hydrogens is 500 g/mol. The van der Waals surface area contributed by atoms with Gasteiger partial charge in [-0.1, -0.05) is 52.0 Å². The van der Waals surface area contributed by atoms with Crippen LogP contribution in [-0.2, 0) is 24.4 Å². The van der Waals surface area contributed by atoms with Gasteiger partial charge in [0, 0.05) is 4.47 Å². The lowest BCUT2D eigenvalue weighted by atomic mass is 10.1. The quantitative estimate of drug-likeness (QED) is 0.379. The Labute approximate surface area is 196 Å². The zero-order valence-corrected chi connectivity index (χ0v) is 19.2. The van der Waals surface area contributed by atoms with Crippen LogP contribution in [0.3, 0.4) is 0 Å². The minimum Gasteiger partial charge on any atom is -0.489 e. The van der Waals surface area contributed by atoms with Crippen LogP contribution >= 0.6 is 27.7 Å². The maximum Gasteiger partial charge on any atom is 0.289 e. The Hall–Kier alpha value is -2.71. The fraction of sp³-hybridized carbons (Fsp3) is 0.167. The van der Waals surface area contributed by atoms with E-state index >= 15 is 0 Å². The standard InChI is InChI=1S/C24H18BrF2NO3S/c25-18-5-10-21(31-14-16-3-8-20(27)9-4-16)17(11-18)12-22-23(29)28(24(30)32-22)13-15-1-6-19(26)7-2-15/h1-11,22H,12-14H2/t22-/m1/s1. The molecule has 0 radical (unpaired) electrons. The van der Waals surface area contributed by atoms with Gasteiger partial charge < -0.3 is 4.74 Å². The van der Waals surface area contributed by atoms with Crippen molar-refractivity contribution in [3.8, 4) is 5.75 Å². The van der Waals surface area contributed by atoms with E-state index in [1.807, 2.05) is 12.1 Å². The molecule has 0 N–H and O–H groups in total. The van der Waals surface area contributed by atoms with Gasteiger partial charge in [-0.3, -0.25) is 14.5 Å². The molecule has 32 heavy (non-hydrogen) atoms. The minimum atomic E-state index is -0.578. The molecule has 8 heteroatoms. The molecule has 0 spiro atoms. The summed E-state index contributed by atoms with van der Waals surface area (Å²) in [6, 6.07) is 17.3. The number of benzene rings is 3. The van der Waals surface area contributed by atoms with Crippen LogP contribution in [0.1, 0.15) is 16.7 Å². The molecular formula is C24H18BrF2NO3S. The number of hydrogen-bond acceptors (Lipinski definition) is 4. The molecule has 0 aromatic heterocycles. The van der Waals surface area contributed by atoms with Gasteiger partial charge in [-0.25, -0.2) is 8.78 Å². The maximum absolute atomic E-state index is 13.1. The van der Waals surface area contributed by atoms with E-state index in [1.54, 1.807) is 30.3 Å². The van der Waals surface area contributed by atoms with Gasteiger partial charge in [0.15, 0.2) is 0 Å². The number of carbonyl (C=O) groups is 2. The van der Waals surface area contributed by atoms with E-state index in [1.165, 1.54) is 29.2 Å². The Morgan fingerprint density at radius 1 is 0.906 bits per heavy atom.